The van der Waals surface area contributed by atoms with Crippen LogP contribution >= 0.6 is 0 Å². The van der Waals surface area contributed by atoms with Crippen LogP contribution in [0.25, 0.3) is 0 Å². The number of ether oxygens (including phenoxy) is 6. The summed E-state index contributed by atoms with van der Waals surface area (Å²) in [6, 6.07) is 15.8. The van der Waals surface area contributed by atoms with Gasteiger partial charge in [-0.15, -0.1) is 0 Å². The molecule has 0 spiro atoms. The number of benzene rings is 2. The van der Waals surface area contributed by atoms with E-state index in [1.807, 2.05) is 62.4 Å². The van der Waals surface area contributed by atoms with Gasteiger partial charge in [0.25, 0.3) is 5.91 Å². The Hall–Kier alpha value is -4.80. The van der Waals surface area contributed by atoms with Crippen LogP contribution in [0, 0.1) is 13.8 Å². The summed E-state index contributed by atoms with van der Waals surface area (Å²) in [5.74, 6) is -0.399. The number of nitrogens with one attached hydrogen (secondary N) is 1. The number of aryl methyl sites for hydroxylation is 2. The summed E-state index contributed by atoms with van der Waals surface area (Å²) in [6.07, 6.45) is 0.849. The van der Waals surface area contributed by atoms with Crippen LogP contribution in [0.1, 0.15) is 54.7 Å². The van der Waals surface area contributed by atoms with Gasteiger partial charge in [-0.25, -0.2) is 9.78 Å². The summed E-state index contributed by atoms with van der Waals surface area (Å²) in [5.41, 5.74) is 2.05. The van der Waals surface area contributed by atoms with Crippen LogP contribution < -0.4 is 24.3 Å². The van der Waals surface area contributed by atoms with Crippen molar-refractivity contribution in [2.75, 3.05) is 13.9 Å². The number of hydrogen-bond donors (Lipinski definition) is 1. The molecule has 1 fully saturated rings. The predicted octanol–water partition coefficient (Wildman–Crippen LogP) is 4.72. The number of nitrogens with zero attached hydrogens (tertiary/aromatic N) is 1. The van der Waals surface area contributed by atoms with Crippen molar-refractivity contribution in [2.24, 2.45) is 0 Å². The van der Waals surface area contributed by atoms with E-state index in [9.17, 15) is 14.4 Å². The third kappa shape index (κ3) is 8.62. The zero-order valence-electron chi connectivity index (χ0n) is 25.5. The van der Waals surface area contributed by atoms with E-state index in [1.165, 1.54) is 26.3 Å². The van der Waals surface area contributed by atoms with Crippen molar-refractivity contribution in [3.63, 3.8) is 0 Å². The number of esters is 2. The van der Waals surface area contributed by atoms with Gasteiger partial charge in [0.05, 0.1) is 7.11 Å². The Bertz CT molecular complexity index is 1430. The number of carbonyl (C=O) groups excluding carboxylic acids is 3. The molecule has 0 saturated carbocycles. The van der Waals surface area contributed by atoms with E-state index in [1.54, 1.807) is 6.92 Å². The first-order chi connectivity index (χ1) is 21.1. The number of cyclic esters (lactones) is 1. The Morgan fingerprint density at radius 3 is 2.20 bits per heavy atom. The van der Waals surface area contributed by atoms with Crippen molar-refractivity contribution in [1.82, 2.24) is 10.3 Å². The van der Waals surface area contributed by atoms with Gasteiger partial charge in [0.15, 0.2) is 23.3 Å². The van der Waals surface area contributed by atoms with Gasteiger partial charge in [-0.05, 0) is 64.3 Å². The van der Waals surface area contributed by atoms with Crippen LogP contribution in [0.2, 0.25) is 0 Å². The Morgan fingerprint density at radius 2 is 1.59 bits per heavy atom. The lowest BCUT2D eigenvalue weighted by Crippen LogP contribution is -2.47. The molecule has 4 rings (SSSR count). The van der Waals surface area contributed by atoms with Crippen molar-refractivity contribution in [3.05, 3.63) is 77.6 Å². The van der Waals surface area contributed by atoms with E-state index in [2.05, 4.69) is 10.3 Å². The first-order valence-corrected chi connectivity index (χ1v) is 14.4. The lowest BCUT2D eigenvalue weighted by atomic mass is 10.0. The van der Waals surface area contributed by atoms with Crippen LogP contribution in [0.15, 0.2) is 60.8 Å². The van der Waals surface area contributed by atoms with Gasteiger partial charge in [-0.1, -0.05) is 35.4 Å². The second-order valence-corrected chi connectivity index (χ2v) is 10.6. The fourth-order valence-corrected chi connectivity index (χ4v) is 4.72. The molecule has 2 heterocycles. The summed E-state index contributed by atoms with van der Waals surface area (Å²) in [7, 11) is 1.40. The van der Waals surface area contributed by atoms with Crippen LogP contribution in [0.5, 0.6) is 23.0 Å². The third-order valence-corrected chi connectivity index (χ3v) is 7.07. The molecule has 4 atom stereocenters. The number of carbonyl (C=O) groups is 3. The maximum atomic E-state index is 13.4. The van der Waals surface area contributed by atoms with Gasteiger partial charge in [-0.3, -0.25) is 9.59 Å². The number of hydrogen-bond acceptors (Lipinski definition) is 10. The summed E-state index contributed by atoms with van der Waals surface area (Å²) in [4.78, 5) is 42.2. The molecule has 1 aliphatic rings. The van der Waals surface area contributed by atoms with Gasteiger partial charge >= 0.3 is 11.9 Å². The second kappa shape index (κ2) is 15.1. The minimum atomic E-state index is -0.988. The monoisotopic (exact) mass is 606 g/mol. The number of aromatic nitrogens is 1. The molecule has 1 N–H and O–H groups in total. The maximum absolute atomic E-state index is 13.4. The zero-order chi connectivity index (χ0) is 31.6. The van der Waals surface area contributed by atoms with Crippen molar-refractivity contribution >= 4 is 17.8 Å². The van der Waals surface area contributed by atoms with Gasteiger partial charge in [0.2, 0.25) is 6.79 Å². The molecular formula is C33H38N2O9. The molecule has 1 aromatic heterocycles. The van der Waals surface area contributed by atoms with E-state index in [-0.39, 0.29) is 23.6 Å². The molecule has 44 heavy (non-hydrogen) atoms. The van der Waals surface area contributed by atoms with E-state index >= 15 is 0 Å². The Balaban J connectivity index is 1.55. The standard InChI is InChI=1S/C33H38N2O9/c1-20-9-13-24(14-10-20)43-28-8-6-7-26(33(38)42-22(3)30(28)44-25-15-11-21(2)12-16-25)35-32(37)29-31(41-19-40-23(4)36)27(39-5)17-18-34-29/h9-18,22,26,28,30H,6-8,19H2,1-5H3,(H,35,37). The van der Waals surface area contributed by atoms with Crippen LogP contribution in [-0.2, 0) is 19.1 Å². The maximum Gasteiger partial charge on any atom is 0.329 e. The molecule has 1 saturated heterocycles. The highest BCUT2D eigenvalue weighted by Gasteiger charge is 2.37. The van der Waals surface area contributed by atoms with E-state index in [4.69, 9.17) is 28.4 Å². The van der Waals surface area contributed by atoms with Crippen molar-refractivity contribution < 1.29 is 42.8 Å². The molecule has 2 aromatic carbocycles. The first kappa shape index (κ1) is 32.1. The molecule has 4 unspecified atom stereocenters. The van der Waals surface area contributed by atoms with Crippen molar-refractivity contribution in [2.45, 2.75) is 71.3 Å². The van der Waals surface area contributed by atoms with Gasteiger partial charge in [0, 0.05) is 19.2 Å². The molecule has 234 valence electrons. The zero-order valence-corrected chi connectivity index (χ0v) is 25.5. The van der Waals surface area contributed by atoms with Gasteiger partial charge in [-0.2, -0.15) is 0 Å². The minimum Gasteiger partial charge on any atom is -0.493 e. The Labute approximate surface area is 256 Å². The van der Waals surface area contributed by atoms with Crippen molar-refractivity contribution in [3.8, 4) is 23.0 Å². The quantitative estimate of drug-likeness (QED) is 0.256. The minimum absolute atomic E-state index is 0.0309. The summed E-state index contributed by atoms with van der Waals surface area (Å²) < 4.78 is 34.3. The Morgan fingerprint density at radius 1 is 0.955 bits per heavy atom. The molecule has 11 nitrogen and oxygen atoms in total. The average molecular weight is 607 g/mol. The molecule has 0 radical (unpaired) electrons. The third-order valence-electron chi connectivity index (χ3n) is 7.07. The molecule has 1 amide bonds. The fourth-order valence-electron chi connectivity index (χ4n) is 4.72. The molecule has 1 aliphatic heterocycles. The molecule has 0 bridgehead atoms. The molecule has 0 aliphatic carbocycles. The van der Waals surface area contributed by atoms with Gasteiger partial charge < -0.3 is 33.7 Å². The summed E-state index contributed by atoms with van der Waals surface area (Å²) in [6.45, 7) is 6.51. The normalized spacial score (nSPS) is 20.2. The highest BCUT2D eigenvalue weighted by atomic mass is 16.7. The second-order valence-electron chi connectivity index (χ2n) is 10.6. The number of methoxy groups -OCH3 is 1. The highest BCUT2D eigenvalue weighted by molar-refractivity contribution is 5.98. The number of amides is 1. The Kier molecular flexibility index (Phi) is 11.0. The van der Waals surface area contributed by atoms with Crippen LogP contribution in [0.3, 0.4) is 0 Å². The number of pyridine rings is 1. The van der Waals surface area contributed by atoms with Gasteiger partial charge in [0.1, 0.15) is 29.7 Å². The molecular weight excluding hydrogens is 568 g/mol. The van der Waals surface area contributed by atoms with E-state index < -0.39 is 49.0 Å². The smallest absolute Gasteiger partial charge is 0.329 e. The first-order valence-electron chi connectivity index (χ1n) is 14.4. The van der Waals surface area contributed by atoms with Crippen molar-refractivity contribution in [1.29, 1.82) is 0 Å². The van der Waals surface area contributed by atoms with E-state index in [0.717, 1.165) is 11.1 Å². The SMILES string of the molecule is COc1ccnc(C(=O)NC2CCCC(Oc3ccc(C)cc3)C(Oc3ccc(C)cc3)C(C)OC2=O)c1OCOC(C)=O. The topological polar surface area (TPSA) is 132 Å². The molecule has 11 heteroatoms. The highest BCUT2D eigenvalue weighted by Crippen LogP contribution is 2.30. The lowest BCUT2D eigenvalue weighted by molar-refractivity contribution is -0.157. The average Bonchev–Trinajstić information content (AvgIpc) is 3.04. The lowest BCUT2D eigenvalue weighted by Gasteiger charge is -2.32. The number of rotatable bonds is 10. The van der Waals surface area contributed by atoms with Crippen LogP contribution in [0.4, 0.5) is 0 Å². The van der Waals surface area contributed by atoms with Crippen LogP contribution in [-0.4, -0.2) is 61.1 Å². The molecule has 3 aromatic rings. The predicted molar refractivity (Wildman–Crippen MR) is 160 cm³/mol. The summed E-state index contributed by atoms with van der Waals surface area (Å²) >= 11 is 0. The summed E-state index contributed by atoms with van der Waals surface area (Å²) in [5, 5.41) is 2.73. The largest absolute Gasteiger partial charge is 0.493 e. The fraction of sp³-hybridized carbons (Fsp3) is 0.394. The van der Waals surface area contributed by atoms with E-state index in [0.29, 0.717) is 24.3 Å².